The van der Waals surface area contributed by atoms with E-state index in [0.29, 0.717) is 28.9 Å². The molecule has 0 spiro atoms. The van der Waals surface area contributed by atoms with Gasteiger partial charge in [-0.3, -0.25) is 14.3 Å². The normalized spacial score (nSPS) is 16.9. The molecule has 194 valence electrons. The molecule has 4 aromatic heterocycles. The molecule has 1 fully saturated rings. The number of pyridine rings is 1. The summed E-state index contributed by atoms with van der Waals surface area (Å²) in [6.07, 6.45) is 8.39. The van der Waals surface area contributed by atoms with E-state index in [0.717, 1.165) is 23.5 Å². The van der Waals surface area contributed by atoms with Gasteiger partial charge in [0, 0.05) is 62.9 Å². The highest BCUT2D eigenvalue weighted by atomic mass is 16.2. The Hall–Kier alpha value is -4.92. The van der Waals surface area contributed by atoms with E-state index in [1.807, 2.05) is 18.3 Å². The first-order valence-corrected chi connectivity index (χ1v) is 12.1. The molecule has 38 heavy (non-hydrogen) atoms. The van der Waals surface area contributed by atoms with E-state index in [9.17, 15) is 9.59 Å². The number of nitrogens with zero attached hydrogens (tertiary/aromatic N) is 8. The molecule has 4 aromatic rings. The third kappa shape index (κ3) is 4.73. The van der Waals surface area contributed by atoms with Crippen LogP contribution in [-0.4, -0.2) is 74.3 Å². The van der Waals surface area contributed by atoms with Crippen LogP contribution in [0.5, 0.6) is 0 Å². The number of rotatable bonds is 7. The van der Waals surface area contributed by atoms with Crippen molar-refractivity contribution in [3.05, 3.63) is 60.3 Å². The lowest BCUT2D eigenvalue weighted by Crippen LogP contribution is -2.30. The maximum absolute atomic E-state index is 12.3. The van der Waals surface area contributed by atoms with E-state index in [1.54, 1.807) is 47.9 Å². The summed E-state index contributed by atoms with van der Waals surface area (Å²) in [4.78, 5) is 32.5. The van der Waals surface area contributed by atoms with Crippen LogP contribution in [0.4, 0.5) is 11.5 Å². The van der Waals surface area contributed by atoms with Crippen molar-refractivity contribution in [2.75, 3.05) is 37.4 Å². The van der Waals surface area contributed by atoms with Crippen LogP contribution in [-0.2, 0) is 11.3 Å². The lowest BCUT2D eigenvalue weighted by molar-refractivity contribution is -0.129. The van der Waals surface area contributed by atoms with Gasteiger partial charge < -0.3 is 20.9 Å². The van der Waals surface area contributed by atoms with Gasteiger partial charge in [-0.25, -0.2) is 9.50 Å². The average Bonchev–Trinajstić information content (AvgIpc) is 3.63. The summed E-state index contributed by atoms with van der Waals surface area (Å²) < 4.78 is 3.29. The highest BCUT2D eigenvalue weighted by Crippen LogP contribution is 2.31. The average molecular weight is 513 g/mol. The maximum atomic E-state index is 12.3. The van der Waals surface area contributed by atoms with Crippen molar-refractivity contribution >= 4 is 28.8 Å². The van der Waals surface area contributed by atoms with Gasteiger partial charge in [-0.05, 0) is 24.1 Å². The van der Waals surface area contributed by atoms with Gasteiger partial charge in [-0.2, -0.15) is 15.5 Å². The van der Waals surface area contributed by atoms with Gasteiger partial charge in [0.25, 0.3) is 5.91 Å². The van der Waals surface area contributed by atoms with Crippen LogP contribution in [0.1, 0.15) is 22.8 Å². The molecule has 0 aliphatic carbocycles. The number of carbonyl (C=O) groups excluding carboxylic acids is 2. The van der Waals surface area contributed by atoms with E-state index in [-0.39, 0.29) is 24.4 Å². The molecule has 2 amide bonds. The molecule has 12 nitrogen and oxygen atoms in total. The second-order valence-electron chi connectivity index (χ2n) is 9.72. The Kier molecular flexibility index (Phi) is 6.42. The van der Waals surface area contributed by atoms with Crippen LogP contribution in [0.25, 0.3) is 16.6 Å². The van der Waals surface area contributed by atoms with Gasteiger partial charge in [0.15, 0.2) is 0 Å². The summed E-state index contributed by atoms with van der Waals surface area (Å²) in [7, 11) is 3.41. The largest absolute Gasteiger partial charge is 0.378 e. The maximum Gasteiger partial charge on any atom is 0.252 e. The molecule has 1 aliphatic rings. The molecule has 2 atom stereocenters. The molecule has 1 aliphatic heterocycles. The summed E-state index contributed by atoms with van der Waals surface area (Å²) in [6.45, 7) is 3.70. The minimum atomic E-state index is -0.573. The third-order valence-electron chi connectivity index (χ3n) is 6.81. The number of primary amides is 1. The third-order valence-corrected chi connectivity index (χ3v) is 6.81. The molecule has 0 unspecified atom stereocenters. The van der Waals surface area contributed by atoms with E-state index >= 15 is 0 Å². The predicted molar refractivity (Wildman–Crippen MR) is 141 cm³/mol. The van der Waals surface area contributed by atoms with Gasteiger partial charge in [-0.1, -0.05) is 6.92 Å². The predicted octanol–water partition coefficient (Wildman–Crippen LogP) is 1.59. The smallest absolute Gasteiger partial charge is 0.252 e. The van der Waals surface area contributed by atoms with Crippen LogP contribution < -0.4 is 16.0 Å². The van der Waals surface area contributed by atoms with Gasteiger partial charge in [0.2, 0.25) is 5.91 Å². The first kappa shape index (κ1) is 24.8. The Morgan fingerprint density at radius 2 is 1.97 bits per heavy atom. The van der Waals surface area contributed by atoms with Crippen molar-refractivity contribution in [1.82, 2.24) is 29.3 Å². The lowest BCUT2D eigenvalue weighted by Gasteiger charge is -2.21. The fraction of sp³-hybridized carbons (Fsp3) is 0.308. The Labute approximate surface area is 219 Å². The lowest BCUT2D eigenvalue weighted by atomic mass is 10.1. The molecular weight excluding hydrogens is 484 g/mol. The zero-order chi connectivity index (χ0) is 27.0. The molecule has 3 N–H and O–H groups in total. The molecule has 0 bridgehead atoms. The molecule has 12 heteroatoms. The van der Waals surface area contributed by atoms with Crippen molar-refractivity contribution in [2.24, 2.45) is 11.7 Å². The zero-order valence-corrected chi connectivity index (χ0v) is 21.4. The molecular formula is C26H28N10O2. The Morgan fingerprint density at radius 1 is 1.16 bits per heavy atom. The first-order valence-electron chi connectivity index (χ1n) is 12.1. The van der Waals surface area contributed by atoms with Gasteiger partial charge >= 0.3 is 0 Å². The van der Waals surface area contributed by atoms with E-state index in [4.69, 9.17) is 11.0 Å². The van der Waals surface area contributed by atoms with Crippen LogP contribution in [0.2, 0.25) is 0 Å². The number of amides is 2. The van der Waals surface area contributed by atoms with Crippen molar-refractivity contribution < 1.29 is 9.59 Å². The topological polar surface area (TPSA) is 150 Å². The number of hydrogen-bond donors (Lipinski definition) is 2. The Balaban J connectivity index is 1.43. The van der Waals surface area contributed by atoms with Crippen LogP contribution in [0.3, 0.4) is 0 Å². The number of nitrogens with one attached hydrogen (secondary N) is 1. The number of hydrogen-bond acceptors (Lipinski definition) is 8. The number of nitrogens with two attached hydrogens (primary N) is 1. The summed E-state index contributed by atoms with van der Waals surface area (Å²) >= 11 is 0. The second-order valence-corrected chi connectivity index (χ2v) is 9.72. The van der Waals surface area contributed by atoms with Crippen LogP contribution in [0, 0.1) is 17.2 Å². The number of likely N-dealkylation sites (N-methyl/N-ethyl adjacent to an activating group) is 1. The quantitative estimate of drug-likeness (QED) is 0.379. The van der Waals surface area contributed by atoms with Crippen molar-refractivity contribution in [1.29, 1.82) is 5.26 Å². The fourth-order valence-electron chi connectivity index (χ4n) is 4.60. The van der Waals surface area contributed by atoms with Crippen molar-refractivity contribution in [2.45, 2.75) is 19.5 Å². The van der Waals surface area contributed by atoms with Crippen molar-refractivity contribution in [3.63, 3.8) is 0 Å². The fourth-order valence-corrected chi connectivity index (χ4v) is 4.60. The minimum absolute atomic E-state index is 0.00916. The highest BCUT2D eigenvalue weighted by molar-refractivity contribution is 6.02. The molecule has 0 saturated carbocycles. The van der Waals surface area contributed by atoms with Gasteiger partial charge in [0.05, 0.1) is 34.7 Å². The molecule has 5 rings (SSSR count). The van der Waals surface area contributed by atoms with Crippen molar-refractivity contribution in [3.8, 4) is 17.2 Å². The first-order chi connectivity index (χ1) is 18.2. The van der Waals surface area contributed by atoms with Crippen LogP contribution in [0.15, 0.2) is 49.2 Å². The SMILES string of the molecule is C[C@@H]1CN(c2ccc(C#N)cn2)C[C@H]1Nc1c(C(N)=O)cnn2cc(-c3cnn(CC(=O)N(C)C)c3)cc12. The number of carbonyl (C=O) groups is 2. The summed E-state index contributed by atoms with van der Waals surface area (Å²) in [6, 6.07) is 7.63. The summed E-state index contributed by atoms with van der Waals surface area (Å²) in [5.74, 6) is 0.404. The van der Waals surface area contributed by atoms with Gasteiger partial charge in [-0.15, -0.1) is 0 Å². The number of fused-ring (bicyclic) bond motifs is 1. The summed E-state index contributed by atoms with van der Waals surface area (Å²) in [5.41, 5.74) is 9.52. The van der Waals surface area contributed by atoms with E-state index in [1.165, 1.54) is 11.1 Å². The second kappa shape index (κ2) is 9.85. The minimum Gasteiger partial charge on any atom is -0.378 e. The van der Waals surface area contributed by atoms with Crippen LogP contribution >= 0.6 is 0 Å². The zero-order valence-electron chi connectivity index (χ0n) is 21.4. The molecule has 0 radical (unpaired) electrons. The number of aromatic nitrogens is 5. The highest BCUT2D eigenvalue weighted by Gasteiger charge is 2.32. The van der Waals surface area contributed by atoms with Gasteiger partial charge in [0.1, 0.15) is 18.4 Å². The standard InChI is InChI=1S/C26H28N10O2/c1-16-11-34(23-5-4-17(7-27)8-29-23)14-21(16)32-25-20(26(28)38)10-31-36-13-18(6-22(25)36)19-9-30-35(12-19)15-24(37)33(2)3/h4-6,8-10,12-13,16,21,32H,11,14-15H2,1-3H3,(H2,28,38)/t16-,21-/m1/s1. The number of nitriles is 1. The monoisotopic (exact) mass is 512 g/mol. The molecule has 5 heterocycles. The number of anilines is 2. The Bertz CT molecular complexity index is 1550. The molecule has 0 aromatic carbocycles. The molecule has 1 saturated heterocycles. The Morgan fingerprint density at radius 3 is 2.66 bits per heavy atom. The summed E-state index contributed by atoms with van der Waals surface area (Å²) in [5, 5.41) is 21.3. The van der Waals surface area contributed by atoms with E-state index in [2.05, 4.69) is 38.4 Å². The van der Waals surface area contributed by atoms with E-state index < -0.39 is 5.91 Å².